The van der Waals surface area contributed by atoms with Crippen LogP contribution in [0.5, 0.6) is 5.75 Å². The molecule has 0 saturated carbocycles. The summed E-state index contributed by atoms with van der Waals surface area (Å²) in [6.07, 6.45) is 3.56. The van der Waals surface area contributed by atoms with Crippen LogP contribution in [0.4, 0.5) is 11.5 Å². The van der Waals surface area contributed by atoms with Crippen molar-refractivity contribution in [2.45, 2.75) is 51.2 Å². The second kappa shape index (κ2) is 13.9. The number of benzene rings is 3. The molecule has 9 heteroatoms. The smallest absolute Gasteiger partial charge is 0.305 e. The summed E-state index contributed by atoms with van der Waals surface area (Å²) in [5.74, 6) is -0.802. The minimum atomic E-state index is -1.04. The number of hydrogen-bond acceptors (Lipinski definition) is 6. The first-order valence-electron chi connectivity index (χ1n) is 14.7. The van der Waals surface area contributed by atoms with Crippen LogP contribution in [0.3, 0.4) is 0 Å². The average Bonchev–Trinajstić information content (AvgIpc) is 3.11. The van der Waals surface area contributed by atoms with Crippen molar-refractivity contribution in [1.82, 2.24) is 9.88 Å². The zero-order valence-corrected chi connectivity index (χ0v) is 24.6. The molecule has 0 radical (unpaired) electrons. The number of aliphatic carboxylic acids is 1. The highest BCUT2D eigenvalue weighted by atomic mass is 16.5. The van der Waals surface area contributed by atoms with Gasteiger partial charge in [-0.25, -0.2) is 4.98 Å². The number of carbonyl (C=O) groups is 3. The van der Waals surface area contributed by atoms with Gasteiger partial charge < -0.3 is 25.4 Å². The molecule has 1 aliphatic rings. The molecule has 5 rings (SSSR count). The monoisotopic (exact) mass is 592 g/mol. The fourth-order valence-corrected chi connectivity index (χ4v) is 5.60. The first kappa shape index (κ1) is 30.3. The number of amides is 2. The highest BCUT2D eigenvalue weighted by Gasteiger charge is 2.43. The number of rotatable bonds is 12. The number of anilines is 2. The number of carboxylic acids is 1. The van der Waals surface area contributed by atoms with Crippen molar-refractivity contribution in [2.75, 3.05) is 17.2 Å². The number of unbranched alkanes of at least 4 members (excludes halogenated alkanes) is 1. The summed E-state index contributed by atoms with van der Waals surface area (Å²) in [5, 5.41) is 9.65. The fourth-order valence-electron chi connectivity index (χ4n) is 5.60. The molecule has 44 heavy (non-hydrogen) atoms. The van der Waals surface area contributed by atoms with Crippen molar-refractivity contribution in [3.8, 4) is 5.75 Å². The molecule has 9 nitrogen and oxygen atoms in total. The number of nitrogens with two attached hydrogens (primary N) is 1. The Morgan fingerprint density at radius 3 is 2.39 bits per heavy atom. The van der Waals surface area contributed by atoms with Crippen molar-refractivity contribution in [3.63, 3.8) is 0 Å². The van der Waals surface area contributed by atoms with Crippen LogP contribution in [0, 0.1) is 0 Å². The maximum absolute atomic E-state index is 14.5. The van der Waals surface area contributed by atoms with Crippen LogP contribution in [0.2, 0.25) is 0 Å². The lowest BCUT2D eigenvalue weighted by Crippen LogP contribution is -2.47. The number of ether oxygens (including phenoxy) is 1. The summed E-state index contributed by atoms with van der Waals surface area (Å²) in [4.78, 5) is 47.8. The van der Waals surface area contributed by atoms with Crippen LogP contribution in [-0.2, 0) is 22.6 Å². The number of carbonyl (C=O) groups excluding carboxylic acids is 2. The highest BCUT2D eigenvalue weighted by molar-refractivity contribution is 6.11. The molecule has 0 saturated heterocycles. The summed E-state index contributed by atoms with van der Waals surface area (Å²) in [5.41, 5.74) is 9.23. The number of hydrogen-bond donors (Lipinski definition) is 2. The lowest BCUT2D eigenvalue weighted by molar-refractivity contribution is -0.139. The second-order valence-electron chi connectivity index (χ2n) is 10.9. The Balaban J connectivity index is 1.47. The van der Waals surface area contributed by atoms with E-state index in [1.54, 1.807) is 42.3 Å². The van der Waals surface area contributed by atoms with Crippen LogP contribution in [0.25, 0.3) is 0 Å². The molecule has 0 fully saturated rings. The topological polar surface area (TPSA) is 126 Å². The van der Waals surface area contributed by atoms with Gasteiger partial charge in [0.15, 0.2) is 11.6 Å². The zero-order valence-electron chi connectivity index (χ0n) is 24.6. The van der Waals surface area contributed by atoms with E-state index in [-0.39, 0.29) is 24.8 Å². The number of nitrogens with zero attached hydrogens (tertiary/aromatic N) is 3. The SMILES string of the molecule is CC(CC(=O)O)N1C(=O)c2cc(CCCCOc3cccnc3N)ccc2N(Cc2ccccc2)C(=O)C1c1ccccc1. The summed E-state index contributed by atoms with van der Waals surface area (Å²) in [6.45, 7) is 2.41. The zero-order chi connectivity index (χ0) is 31.1. The van der Waals surface area contributed by atoms with E-state index in [0.717, 1.165) is 24.0 Å². The fraction of sp³-hybridized carbons (Fsp3) is 0.257. The lowest BCUT2D eigenvalue weighted by Gasteiger charge is -2.35. The van der Waals surface area contributed by atoms with Crippen molar-refractivity contribution in [2.24, 2.45) is 0 Å². The Bertz CT molecular complexity index is 1610. The molecule has 0 spiro atoms. The largest absolute Gasteiger partial charge is 0.490 e. The molecule has 2 amide bonds. The van der Waals surface area contributed by atoms with Gasteiger partial charge in [-0.1, -0.05) is 66.7 Å². The number of fused-ring (bicyclic) bond motifs is 1. The Labute approximate surface area is 256 Å². The summed E-state index contributed by atoms with van der Waals surface area (Å²) in [6, 6.07) is 26.2. The van der Waals surface area contributed by atoms with E-state index in [9.17, 15) is 19.5 Å². The molecule has 0 bridgehead atoms. The number of aromatic nitrogens is 1. The molecule has 2 heterocycles. The van der Waals surface area contributed by atoms with Gasteiger partial charge >= 0.3 is 5.97 Å². The van der Waals surface area contributed by atoms with E-state index < -0.39 is 18.1 Å². The number of aryl methyl sites for hydroxylation is 1. The predicted molar refractivity (Wildman–Crippen MR) is 168 cm³/mol. The normalized spacial score (nSPS) is 15.4. The quantitative estimate of drug-likeness (QED) is 0.203. The van der Waals surface area contributed by atoms with Crippen LogP contribution < -0.4 is 15.4 Å². The first-order valence-corrected chi connectivity index (χ1v) is 14.7. The van der Waals surface area contributed by atoms with Gasteiger partial charge in [0.05, 0.1) is 30.8 Å². The van der Waals surface area contributed by atoms with Gasteiger partial charge in [-0.15, -0.1) is 0 Å². The van der Waals surface area contributed by atoms with Gasteiger partial charge in [0.2, 0.25) is 0 Å². The molecule has 2 unspecified atom stereocenters. The maximum Gasteiger partial charge on any atom is 0.305 e. The van der Waals surface area contributed by atoms with E-state index in [4.69, 9.17) is 10.5 Å². The predicted octanol–water partition coefficient (Wildman–Crippen LogP) is 5.66. The van der Waals surface area contributed by atoms with E-state index in [0.29, 0.717) is 41.4 Å². The minimum absolute atomic E-state index is 0.262. The van der Waals surface area contributed by atoms with Gasteiger partial charge in [0, 0.05) is 12.2 Å². The van der Waals surface area contributed by atoms with Crippen LogP contribution in [-0.4, -0.2) is 45.4 Å². The molecule has 0 aliphatic carbocycles. The summed E-state index contributed by atoms with van der Waals surface area (Å²) in [7, 11) is 0. The average molecular weight is 593 g/mol. The summed E-state index contributed by atoms with van der Waals surface area (Å²) < 4.78 is 5.77. The van der Waals surface area contributed by atoms with Crippen molar-refractivity contribution in [1.29, 1.82) is 0 Å². The number of carboxylic acid groups (broad SMARTS) is 1. The third kappa shape index (κ3) is 6.89. The minimum Gasteiger partial charge on any atom is -0.490 e. The molecule has 4 aromatic rings. The van der Waals surface area contributed by atoms with Gasteiger partial charge in [0.1, 0.15) is 6.04 Å². The number of nitrogen functional groups attached to an aromatic ring is 1. The van der Waals surface area contributed by atoms with E-state index >= 15 is 0 Å². The molecular formula is C35H36N4O5. The highest BCUT2D eigenvalue weighted by Crippen LogP contribution is 2.38. The Morgan fingerprint density at radius 2 is 1.68 bits per heavy atom. The maximum atomic E-state index is 14.5. The Kier molecular flexibility index (Phi) is 9.54. The third-order valence-corrected chi connectivity index (χ3v) is 7.76. The standard InChI is InChI=1S/C35H36N4O5/c1-24(21-31(40)41)39-32(27-14-6-3-7-15-27)35(43)38(23-26-12-4-2-5-13-26)29-18-17-25(22-28(29)34(39)42)11-8-9-20-44-30-16-10-19-37-33(30)36/h2-7,10,12-19,22,24,32H,8-9,11,20-21,23H2,1H3,(H2,36,37)(H,40,41). The first-order chi connectivity index (χ1) is 21.3. The second-order valence-corrected chi connectivity index (χ2v) is 10.9. The molecule has 1 aliphatic heterocycles. The van der Waals surface area contributed by atoms with E-state index in [1.807, 2.05) is 66.7 Å². The molecule has 226 valence electrons. The molecule has 3 aromatic carbocycles. The summed E-state index contributed by atoms with van der Waals surface area (Å²) >= 11 is 0. The van der Waals surface area contributed by atoms with Crippen molar-refractivity contribution >= 4 is 29.3 Å². The van der Waals surface area contributed by atoms with Crippen molar-refractivity contribution in [3.05, 3.63) is 119 Å². The number of pyridine rings is 1. The molecule has 2 atom stereocenters. The van der Waals surface area contributed by atoms with Gasteiger partial charge in [-0.3, -0.25) is 14.4 Å². The van der Waals surface area contributed by atoms with Crippen molar-refractivity contribution < 1.29 is 24.2 Å². The Hall–Kier alpha value is -5.18. The molecule has 3 N–H and O–H groups in total. The molecule has 1 aromatic heterocycles. The lowest BCUT2D eigenvalue weighted by atomic mass is 10.00. The van der Waals surface area contributed by atoms with Crippen LogP contribution in [0.1, 0.15) is 59.3 Å². The van der Waals surface area contributed by atoms with Gasteiger partial charge in [0.25, 0.3) is 11.8 Å². The van der Waals surface area contributed by atoms with Gasteiger partial charge in [-0.2, -0.15) is 0 Å². The van der Waals surface area contributed by atoms with Crippen LogP contribution in [0.15, 0.2) is 97.2 Å². The molecular weight excluding hydrogens is 556 g/mol. The van der Waals surface area contributed by atoms with E-state index in [1.165, 1.54) is 4.90 Å². The van der Waals surface area contributed by atoms with Gasteiger partial charge in [-0.05, 0) is 67.1 Å². The third-order valence-electron chi connectivity index (χ3n) is 7.76. The van der Waals surface area contributed by atoms with E-state index in [2.05, 4.69) is 4.98 Å². The Morgan fingerprint density at radius 1 is 0.955 bits per heavy atom. The van der Waals surface area contributed by atoms with Crippen LogP contribution >= 0.6 is 0 Å².